The highest BCUT2D eigenvalue weighted by Gasteiger charge is 2.42. The molecule has 3 aromatic carbocycles. The van der Waals surface area contributed by atoms with E-state index in [1.807, 2.05) is 25.1 Å². The third kappa shape index (κ3) is 5.10. The molecule has 1 saturated heterocycles. The molecule has 1 heterocycles. The molecule has 0 unspecified atom stereocenters. The predicted molar refractivity (Wildman–Crippen MR) is 141 cm³/mol. The van der Waals surface area contributed by atoms with Gasteiger partial charge in [0.05, 0.1) is 17.5 Å². The summed E-state index contributed by atoms with van der Waals surface area (Å²) in [4.78, 5) is 26.9. The summed E-state index contributed by atoms with van der Waals surface area (Å²) in [5.74, 6) is -1.45. The molecule has 3 aromatic rings. The zero-order chi connectivity index (χ0) is 26.0. The van der Waals surface area contributed by atoms with Crippen LogP contribution in [0, 0.1) is 6.92 Å². The lowest BCUT2D eigenvalue weighted by Gasteiger charge is -2.29. The highest BCUT2D eigenvalue weighted by molar-refractivity contribution is 7.92. The fourth-order valence-electron chi connectivity index (χ4n) is 4.63. The summed E-state index contributed by atoms with van der Waals surface area (Å²) in [6.45, 7) is 3.40. The molecule has 1 aliphatic rings. The van der Waals surface area contributed by atoms with Gasteiger partial charge in [-0.15, -0.1) is 0 Å². The SMILES string of the molecule is CCS(=O)(=O)Nc1cccc(-c2ccc(C(=O)N3[C@@H](c4ccccc4Cl)CC[C@H]3C(=O)O)cc2)c1C. The third-order valence-corrected chi connectivity index (χ3v) is 8.23. The van der Waals surface area contributed by atoms with Crippen LogP contribution in [0.15, 0.2) is 66.7 Å². The molecule has 7 nitrogen and oxygen atoms in total. The molecule has 188 valence electrons. The maximum Gasteiger partial charge on any atom is 0.326 e. The fourth-order valence-corrected chi connectivity index (χ4v) is 5.59. The number of benzene rings is 3. The van der Waals surface area contributed by atoms with Crippen molar-refractivity contribution in [3.05, 3.63) is 88.4 Å². The van der Waals surface area contributed by atoms with Crippen molar-refractivity contribution < 1.29 is 23.1 Å². The second-order valence-electron chi connectivity index (χ2n) is 8.74. The zero-order valence-electron chi connectivity index (χ0n) is 19.9. The average Bonchev–Trinajstić information content (AvgIpc) is 3.30. The maximum atomic E-state index is 13.6. The van der Waals surface area contributed by atoms with Gasteiger partial charge in [0.1, 0.15) is 6.04 Å². The van der Waals surface area contributed by atoms with Gasteiger partial charge >= 0.3 is 5.97 Å². The van der Waals surface area contributed by atoms with E-state index in [2.05, 4.69) is 4.72 Å². The number of carboxylic acid groups (broad SMARTS) is 1. The van der Waals surface area contributed by atoms with E-state index in [0.717, 1.165) is 22.3 Å². The lowest BCUT2D eigenvalue weighted by atomic mass is 9.98. The Morgan fingerprint density at radius 3 is 2.36 bits per heavy atom. The van der Waals surface area contributed by atoms with Crippen LogP contribution in [-0.4, -0.2) is 42.1 Å². The summed E-state index contributed by atoms with van der Waals surface area (Å²) in [5, 5.41) is 10.3. The number of sulfonamides is 1. The summed E-state index contributed by atoms with van der Waals surface area (Å²) in [5.41, 5.74) is 3.99. The molecular formula is C27H27ClN2O5S. The van der Waals surface area contributed by atoms with Gasteiger partial charge in [-0.3, -0.25) is 9.52 Å². The number of hydrogen-bond acceptors (Lipinski definition) is 4. The van der Waals surface area contributed by atoms with Crippen LogP contribution in [0.25, 0.3) is 11.1 Å². The van der Waals surface area contributed by atoms with Crippen LogP contribution in [0.2, 0.25) is 5.02 Å². The van der Waals surface area contributed by atoms with Gasteiger partial charge in [0.25, 0.3) is 5.91 Å². The van der Waals surface area contributed by atoms with Crippen LogP contribution in [0.4, 0.5) is 5.69 Å². The van der Waals surface area contributed by atoms with Crippen molar-refractivity contribution in [3.63, 3.8) is 0 Å². The number of hydrogen-bond donors (Lipinski definition) is 2. The van der Waals surface area contributed by atoms with Crippen LogP contribution >= 0.6 is 11.6 Å². The predicted octanol–water partition coefficient (Wildman–Crippen LogP) is 5.51. The van der Waals surface area contributed by atoms with Crippen LogP contribution in [0.5, 0.6) is 0 Å². The van der Waals surface area contributed by atoms with E-state index in [-0.39, 0.29) is 11.7 Å². The summed E-state index contributed by atoms with van der Waals surface area (Å²) in [6, 6.07) is 18.1. The van der Waals surface area contributed by atoms with Gasteiger partial charge in [0.2, 0.25) is 10.0 Å². The lowest BCUT2D eigenvalue weighted by molar-refractivity contribution is -0.141. The van der Waals surface area contributed by atoms with Crippen molar-refractivity contribution in [1.29, 1.82) is 0 Å². The van der Waals surface area contributed by atoms with Gasteiger partial charge in [-0.2, -0.15) is 0 Å². The van der Waals surface area contributed by atoms with Gasteiger partial charge < -0.3 is 10.0 Å². The lowest BCUT2D eigenvalue weighted by Crippen LogP contribution is -2.41. The highest BCUT2D eigenvalue weighted by atomic mass is 35.5. The van der Waals surface area contributed by atoms with Crippen LogP contribution in [0.3, 0.4) is 0 Å². The Morgan fingerprint density at radius 1 is 1.03 bits per heavy atom. The number of amides is 1. The Labute approximate surface area is 215 Å². The first kappa shape index (κ1) is 25.7. The van der Waals surface area contributed by atoms with Crippen molar-refractivity contribution >= 4 is 39.2 Å². The van der Waals surface area contributed by atoms with Gasteiger partial charge in [0, 0.05) is 10.6 Å². The molecule has 4 rings (SSSR count). The van der Waals surface area contributed by atoms with E-state index < -0.39 is 28.1 Å². The van der Waals surface area contributed by atoms with Crippen molar-refractivity contribution in [2.75, 3.05) is 10.5 Å². The number of carbonyl (C=O) groups is 2. The zero-order valence-corrected chi connectivity index (χ0v) is 21.5. The third-order valence-electron chi connectivity index (χ3n) is 6.59. The number of aliphatic carboxylic acids is 1. The van der Waals surface area contributed by atoms with E-state index in [4.69, 9.17) is 11.6 Å². The van der Waals surface area contributed by atoms with Crippen LogP contribution in [0.1, 0.15) is 47.3 Å². The standard InChI is InChI=1S/C27H27ClN2O5S/c1-3-36(34,35)29-23-10-6-8-20(17(23)2)18-11-13-19(14-12-18)26(31)30-24(15-16-25(30)27(32)33)21-7-4-5-9-22(21)28/h4-14,24-25,29H,3,15-16H2,1-2H3,(H,32,33)/t24-,25+/m1/s1. The molecule has 1 amide bonds. The molecule has 0 aliphatic carbocycles. The van der Waals surface area contributed by atoms with Crippen molar-refractivity contribution in [1.82, 2.24) is 4.90 Å². The minimum atomic E-state index is -3.42. The summed E-state index contributed by atoms with van der Waals surface area (Å²) < 4.78 is 26.7. The molecule has 1 aliphatic heterocycles. The second-order valence-corrected chi connectivity index (χ2v) is 11.2. The topological polar surface area (TPSA) is 104 Å². The number of anilines is 1. The molecular weight excluding hydrogens is 500 g/mol. The number of carboxylic acids is 1. The van der Waals surface area contributed by atoms with Gasteiger partial charge in [-0.1, -0.05) is 54.1 Å². The smallest absolute Gasteiger partial charge is 0.326 e. The normalized spacial score (nSPS) is 17.7. The fraction of sp³-hybridized carbons (Fsp3) is 0.259. The van der Waals surface area contributed by atoms with Crippen molar-refractivity contribution in [2.45, 2.75) is 38.8 Å². The first-order chi connectivity index (χ1) is 17.1. The largest absolute Gasteiger partial charge is 0.480 e. The van der Waals surface area contributed by atoms with Gasteiger partial charge in [0.15, 0.2) is 0 Å². The summed E-state index contributed by atoms with van der Waals surface area (Å²) >= 11 is 6.38. The van der Waals surface area contributed by atoms with Gasteiger partial charge in [-0.05, 0) is 73.2 Å². The average molecular weight is 527 g/mol. The molecule has 2 atom stereocenters. The Hall–Kier alpha value is -3.36. The molecule has 1 fully saturated rings. The Bertz CT molecular complexity index is 1410. The van der Waals surface area contributed by atoms with Crippen molar-refractivity contribution in [3.8, 4) is 11.1 Å². The Kier molecular flexibility index (Phi) is 7.38. The number of likely N-dealkylation sites (tertiary alicyclic amines) is 1. The number of nitrogens with one attached hydrogen (secondary N) is 1. The van der Waals surface area contributed by atoms with Crippen LogP contribution in [-0.2, 0) is 14.8 Å². The Morgan fingerprint density at radius 2 is 1.72 bits per heavy atom. The minimum Gasteiger partial charge on any atom is -0.480 e. The minimum absolute atomic E-state index is 0.0312. The first-order valence-electron chi connectivity index (χ1n) is 11.6. The van der Waals surface area contributed by atoms with E-state index in [0.29, 0.717) is 29.1 Å². The highest BCUT2D eigenvalue weighted by Crippen LogP contribution is 2.40. The molecule has 0 radical (unpaired) electrons. The molecule has 0 saturated carbocycles. The summed E-state index contributed by atoms with van der Waals surface area (Å²) in [6.07, 6.45) is 0.846. The number of rotatable bonds is 7. The summed E-state index contributed by atoms with van der Waals surface area (Å²) in [7, 11) is -3.42. The van der Waals surface area contributed by atoms with E-state index in [9.17, 15) is 23.1 Å². The van der Waals surface area contributed by atoms with E-state index in [1.165, 1.54) is 4.90 Å². The number of halogens is 1. The maximum absolute atomic E-state index is 13.6. The molecule has 36 heavy (non-hydrogen) atoms. The molecule has 0 spiro atoms. The molecule has 0 bridgehead atoms. The monoisotopic (exact) mass is 526 g/mol. The van der Waals surface area contributed by atoms with E-state index >= 15 is 0 Å². The second kappa shape index (κ2) is 10.3. The molecule has 0 aromatic heterocycles. The first-order valence-corrected chi connectivity index (χ1v) is 13.7. The van der Waals surface area contributed by atoms with Gasteiger partial charge in [-0.25, -0.2) is 13.2 Å². The number of nitrogens with zero attached hydrogens (tertiary/aromatic N) is 1. The molecule has 9 heteroatoms. The quantitative estimate of drug-likeness (QED) is 0.422. The van der Waals surface area contributed by atoms with E-state index in [1.54, 1.807) is 55.5 Å². The molecule has 2 N–H and O–H groups in total. The number of carbonyl (C=O) groups excluding carboxylic acids is 1. The van der Waals surface area contributed by atoms with Crippen LogP contribution < -0.4 is 4.72 Å². The van der Waals surface area contributed by atoms with Crippen molar-refractivity contribution in [2.24, 2.45) is 0 Å². The Balaban J connectivity index is 1.65.